The van der Waals surface area contributed by atoms with E-state index in [0.717, 1.165) is 4.31 Å². The van der Waals surface area contributed by atoms with E-state index >= 15 is 0 Å². The lowest BCUT2D eigenvalue weighted by Gasteiger charge is -2.22. The standard InChI is InChI=1S/C20H21N3O6S/c1-12-7-16-17(29-11-20(26)22-16)9-18(12)30(27,28)23(3)10-19(25)21-15-6-4-5-14(8-15)13(2)24/h4-9H,10-11H2,1-3H3,(H,21,25)(H,22,26). The molecule has 0 spiro atoms. The Morgan fingerprint density at radius 1 is 1.23 bits per heavy atom. The third kappa shape index (κ3) is 4.50. The van der Waals surface area contributed by atoms with Crippen molar-refractivity contribution in [2.75, 3.05) is 30.8 Å². The normalized spacial score (nSPS) is 13.3. The summed E-state index contributed by atoms with van der Waals surface area (Å²) in [6.07, 6.45) is 0. The van der Waals surface area contributed by atoms with Crippen LogP contribution in [0.5, 0.6) is 5.75 Å². The summed E-state index contributed by atoms with van der Waals surface area (Å²) in [5, 5.41) is 5.21. The number of Topliss-reactive ketones (excluding diaryl/α,β-unsaturated/α-hetero) is 1. The first kappa shape index (κ1) is 21.5. The number of sulfonamides is 1. The predicted molar refractivity (Wildman–Crippen MR) is 110 cm³/mol. The summed E-state index contributed by atoms with van der Waals surface area (Å²) >= 11 is 0. The molecular weight excluding hydrogens is 410 g/mol. The first-order valence-corrected chi connectivity index (χ1v) is 10.5. The molecule has 0 bridgehead atoms. The molecule has 2 amide bonds. The lowest BCUT2D eigenvalue weighted by atomic mass is 10.1. The van der Waals surface area contributed by atoms with E-state index in [1.165, 1.54) is 32.2 Å². The molecular formula is C20H21N3O6S. The van der Waals surface area contributed by atoms with Gasteiger partial charge in [-0.05, 0) is 37.6 Å². The molecule has 0 aromatic heterocycles. The molecule has 30 heavy (non-hydrogen) atoms. The molecule has 3 rings (SSSR count). The van der Waals surface area contributed by atoms with Gasteiger partial charge in [-0.1, -0.05) is 12.1 Å². The van der Waals surface area contributed by atoms with Gasteiger partial charge in [0.2, 0.25) is 15.9 Å². The molecule has 0 fully saturated rings. The van der Waals surface area contributed by atoms with E-state index in [1.54, 1.807) is 25.1 Å². The minimum atomic E-state index is -4.00. The van der Waals surface area contributed by atoms with Crippen molar-refractivity contribution in [3.8, 4) is 5.75 Å². The number of anilines is 2. The van der Waals surface area contributed by atoms with Gasteiger partial charge in [0.1, 0.15) is 5.75 Å². The number of carbonyl (C=O) groups excluding carboxylic acids is 3. The molecule has 0 aliphatic carbocycles. The van der Waals surface area contributed by atoms with Crippen LogP contribution in [0.1, 0.15) is 22.8 Å². The summed E-state index contributed by atoms with van der Waals surface area (Å²) in [4.78, 5) is 35.2. The van der Waals surface area contributed by atoms with Gasteiger partial charge in [0.15, 0.2) is 12.4 Å². The fourth-order valence-corrected chi connectivity index (χ4v) is 4.31. The number of nitrogens with one attached hydrogen (secondary N) is 2. The first-order chi connectivity index (χ1) is 14.1. The molecule has 10 heteroatoms. The van der Waals surface area contributed by atoms with Gasteiger partial charge < -0.3 is 15.4 Å². The highest BCUT2D eigenvalue weighted by atomic mass is 32.2. The van der Waals surface area contributed by atoms with Crippen LogP contribution in [0.2, 0.25) is 0 Å². The number of nitrogens with zero attached hydrogens (tertiary/aromatic N) is 1. The molecule has 158 valence electrons. The van der Waals surface area contributed by atoms with E-state index in [0.29, 0.717) is 22.5 Å². The molecule has 2 aromatic rings. The number of ketones is 1. The van der Waals surface area contributed by atoms with Crippen LogP contribution < -0.4 is 15.4 Å². The van der Waals surface area contributed by atoms with Crippen LogP contribution in [-0.4, -0.2) is 50.5 Å². The van der Waals surface area contributed by atoms with Gasteiger partial charge in [0, 0.05) is 24.4 Å². The zero-order valence-corrected chi connectivity index (χ0v) is 17.5. The highest BCUT2D eigenvalue weighted by molar-refractivity contribution is 7.89. The van der Waals surface area contributed by atoms with Gasteiger partial charge in [-0.2, -0.15) is 4.31 Å². The summed E-state index contributed by atoms with van der Waals surface area (Å²) in [5.74, 6) is -0.772. The van der Waals surface area contributed by atoms with Crippen molar-refractivity contribution in [3.63, 3.8) is 0 Å². The number of rotatable bonds is 6. The molecule has 1 heterocycles. The summed E-state index contributed by atoms with van der Waals surface area (Å²) in [6, 6.07) is 9.23. The van der Waals surface area contributed by atoms with Crippen molar-refractivity contribution in [2.24, 2.45) is 0 Å². The van der Waals surface area contributed by atoms with Crippen LogP contribution in [0.25, 0.3) is 0 Å². The summed E-state index contributed by atoms with van der Waals surface area (Å²) in [6.45, 7) is 2.38. The predicted octanol–water partition coefficient (Wildman–Crippen LogP) is 1.79. The van der Waals surface area contributed by atoms with Gasteiger partial charge in [-0.15, -0.1) is 0 Å². The molecule has 0 saturated heterocycles. The Hall–Kier alpha value is -3.24. The van der Waals surface area contributed by atoms with Crippen molar-refractivity contribution < 1.29 is 27.5 Å². The fourth-order valence-electron chi connectivity index (χ4n) is 2.97. The van der Waals surface area contributed by atoms with Crippen LogP contribution in [-0.2, 0) is 19.6 Å². The number of fused-ring (bicyclic) bond motifs is 1. The quantitative estimate of drug-likeness (QED) is 0.673. The number of hydrogen-bond acceptors (Lipinski definition) is 6. The molecule has 0 radical (unpaired) electrons. The number of likely N-dealkylation sites (N-methyl/N-ethyl adjacent to an activating group) is 1. The minimum absolute atomic E-state index is 0.0220. The Labute approximate surface area is 174 Å². The Morgan fingerprint density at radius 3 is 2.67 bits per heavy atom. The SMILES string of the molecule is CC(=O)c1cccc(NC(=O)CN(C)S(=O)(=O)c2cc3c(cc2C)NC(=O)CO3)c1. The number of benzene rings is 2. The topological polar surface area (TPSA) is 122 Å². The maximum atomic E-state index is 13.0. The molecule has 0 unspecified atom stereocenters. The Kier molecular flexibility index (Phi) is 5.90. The van der Waals surface area contributed by atoms with E-state index in [9.17, 15) is 22.8 Å². The molecule has 9 nitrogen and oxygen atoms in total. The maximum Gasteiger partial charge on any atom is 0.262 e. The minimum Gasteiger partial charge on any atom is -0.482 e. The second-order valence-electron chi connectivity index (χ2n) is 6.90. The second kappa shape index (κ2) is 8.25. The van der Waals surface area contributed by atoms with Gasteiger partial charge in [0.25, 0.3) is 5.91 Å². The van der Waals surface area contributed by atoms with Gasteiger partial charge >= 0.3 is 0 Å². The van der Waals surface area contributed by atoms with Crippen molar-refractivity contribution in [1.82, 2.24) is 4.31 Å². The van der Waals surface area contributed by atoms with E-state index in [2.05, 4.69) is 10.6 Å². The molecule has 2 aromatic carbocycles. The van der Waals surface area contributed by atoms with Crippen molar-refractivity contribution in [3.05, 3.63) is 47.5 Å². The van der Waals surface area contributed by atoms with Crippen LogP contribution in [0.3, 0.4) is 0 Å². The third-order valence-electron chi connectivity index (χ3n) is 4.52. The lowest BCUT2D eigenvalue weighted by molar-refractivity contribution is -0.118. The summed E-state index contributed by atoms with van der Waals surface area (Å²) in [5.41, 5.74) is 1.63. The molecule has 0 atom stereocenters. The summed E-state index contributed by atoms with van der Waals surface area (Å²) < 4.78 is 32.2. The highest BCUT2D eigenvalue weighted by Gasteiger charge is 2.28. The van der Waals surface area contributed by atoms with Crippen molar-refractivity contribution in [2.45, 2.75) is 18.7 Å². The number of hydrogen-bond donors (Lipinski definition) is 2. The van der Waals surface area contributed by atoms with E-state index < -0.39 is 22.5 Å². The van der Waals surface area contributed by atoms with E-state index in [-0.39, 0.29) is 28.9 Å². The third-order valence-corrected chi connectivity index (χ3v) is 6.46. The largest absolute Gasteiger partial charge is 0.482 e. The van der Waals surface area contributed by atoms with Gasteiger partial charge in [0.05, 0.1) is 17.1 Å². The number of ether oxygens (including phenoxy) is 1. The monoisotopic (exact) mass is 431 g/mol. The van der Waals surface area contributed by atoms with Crippen molar-refractivity contribution >= 4 is 39.0 Å². The zero-order valence-electron chi connectivity index (χ0n) is 16.7. The first-order valence-electron chi connectivity index (χ1n) is 9.02. The van der Waals surface area contributed by atoms with Crippen LogP contribution >= 0.6 is 0 Å². The fraction of sp³-hybridized carbons (Fsp3) is 0.250. The highest BCUT2D eigenvalue weighted by Crippen LogP contribution is 2.33. The zero-order chi connectivity index (χ0) is 22.1. The van der Waals surface area contributed by atoms with E-state index in [1.807, 2.05) is 0 Å². The maximum absolute atomic E-state index is 13.0. The number of carbonyl (C=O) groups is 3. The Bertz CT molecular complexity index is 1140. The molecule has 1 aliphatic heterocycles. The summed E-state index contributed by atoms with van der Waals surface area (Å²) in [7, 11) is -2.71. The molecule has 2 N–H and O–H groups in total. The smallest absolute Gasteiger partial charge is 0.262 e. The van der Waals surface area contributed by atoms with Crippen molar-refractivity contribution in [1.29, 1.82) is 0 Å². The van der Waals surface area contributed by atoms with Gasteiger partial charge in [-0.3, -0.25) is 14.4 Å². The number of amides is 2. The Morgan fingerprint density at radius 2 is 1.97 bits per heavy atom. The van der Waals surface area contributed by atoms with Crippen LogP contribution in [0.4, 0.5) is 11.4 Å². The molecule has 0 saturated carbocycles. The Balaban J connectivity index is 1.77. The van der Waals surface area contributed by atoms with Gasteiger partial charge in [-0.25, -0.2) is 8.42 Å². The van der Waals surface area contributed by atoms with Crippen LogP contribution in [0.15, 0.2) is 41.3 Å². The average Bonchev–Trinajstić information content (AvgIpc) is 2.67. The second-order valence-corrected chi connectivity index (χ2v) is 8.91. The number of aryl methyl sites for hydroxylation is 1. The van der Waals surface area contributed by atoms with Crippen LogP contribution in [0, 0.1) is 6.92 Å². The average molecular weight is 431 g/mol. The lowest BCUT2D eigenvalue weighted by Crippen LogP contribution is -2.35. The molecule has 1 aliphatic rings. The van der Waals surface area contributed by atoms with E-state index in [4.69, 9.17) is 4.74 Å².